The molecule has 2 aromatic heterocycles. The molecule has 0 atom stereocenters. The maximum absolute atomic E-state index is 5.22. The normalized spacial score (nSPS) is 13.2. The maximum atomic E-state index is 5.22. The summed E-state index contributed by atoms with van der Waals surface area (Å²) >= 11 is 0. The van der Waals surface area contributed by atoms with E-state index in [0.29, 0.717) is 0 Å². The number of aromatic nitrogens is 3. The molecule has 0 bridgehead atoms. The van der Waals surface area contributed by atoms with Gasteiger partial charge in [-0.05, 0) is 81.9 Å². The Morgan fingerprint density at radius 3 is 1.88 bits per heavy atom. The van der Waals surface area contributed by atoms with Crippen molar-refractivity contribution in [3.63, 3.8) is 0 Å². The Bertz CT molecular complexity index is 2770. The molecule has 236 valence electrons. The third-order valence-corrected chi connectivity index (χ3v) is 10.6. The number of fused-ring (bicyclic) bond motifs is 7. The molecule has 0 amide bonds. The predicted molar refractivity (Wildman–Crippen MR) is 208 cm³/mol. The van der Waals surface area contributed by atoms with Crippen LogP contribution in [0.1, 0.15) is 25.0 Å². The van der Waals surface area contributed by atoms with Crippen molar-refractivity contribution in [3.05, 3.63) is 175 Å². The van der Waals surface area contributed by atoms with Crippen LogP contribution < -0.4 is 0 Å². The molecule has 0 fully saturated rings. The van der Waals surface area contributed by atoms with Crippen molar-refractivity contribution in [1.82, 2.24) is 14.5 Å². The van der Waals surface area contributed by atoms with Crippen molar-refractivity contribution in [1.29, 1.82) is 0 Å². The number of hydrogen-bond acceptors (Lipinski definition) is 2. The second kappa shape index (κ2) is 10.8. The highest BCUT2D eigenvalue weighted by atomic mass is 15.0. The van der Waals surface area contributed by atoms with E-state index in [2.05, 4.69) is 170 Å². The predicted octanol–water partition coefficient (Wildman–Crippen LogP) is 12.0. The molecule has 1 aliphatic rings. The van der Waals surface area contributed by atoms with Crippen molar-refractivity contribution < 1.29 is 0 Å². The fourth-order valence-corrected chi connectivity index (χ4v) is 8.30. The van der Waals surface area contributed by atoms with Crippen LogP contribution in [0.15, 0.2) is 164 Å². The van der Waals surface area contributed by atoms with E-state index in [0.717, 1.165) is 44.8 Å². The molecule has 3 heteroatoms. The topological polar surface area (TPSA) is 30.7 Å². The second-order valence-corrected chi connectivity index (χ2v) is 13.8. The number of para-hydroxylation sites is 2. The minimum atomic E-state index is -0.105. The first-order valence-corrected chi connectivity index (χ1v) is 17.3. The van der Waals surface area contributed by atoms with Gasteiger partial charge in [0.15, 0.2) is 5.82 Å². The molecule has 0 radical (unpaired) electrons. The van der Waals surface area contributed by atoms with E-state index in [1.165, 1.54) is 49.7 Å². The van der Waals surface area contributed by atoms with E-state index < -0.39 is 0 Å². The van der Waals surface area contributed by atoms with Gasteiger partial charge in [0.2, 0.25) is 0 Å². The quantitative estimate of drug-likeness (QED) is 0.192. The van der Waals surface area contributed by atoms with Crippen molar-refractivity contribution >= 4 is 32.7 Å². The molecule has 2 heterocycles. The Labute approximate surface area is 291 Å². The summed E-state index contributed by atoms with van der Waals surface area (Å²) in [5, 5.41) is 3.43. The van der Waals surface area contributed by atoms with Crippen LogP contribution in [-0.2, 0) is 5.41 Å². The summed E-state index contributed by atoms with van der Waals surface area (Å²) in [6, 6.07) is 58.7. The number of hydrogen-bond donors (Lipinski definition) is 0. The molecule has 0 saturated heterocycles. The first kappa shape index (κ1) is 28.7. The molecule has 0 spiro atoms. The largest absolute Gasteiger partial charge is 0.309 e. The van der Waals surface area contributed by atoms with Crippen LogP contribution in [0.2, 0.25) is 0 Å². The summed E-state index contributed by atoms with van der Waals surface area (Å²) in [5.41, 5.74) is 15.3. The summed E-state index contributed by atoms with van der Waals surface area (Å²) in [4.78, 5) is 10.3. The molecule has 7 aromatic carbocycles. The molecular weight excluding hydrogens is 607 g/mol. The van der Waals surface area contributed by atoms with E-state index in [-0.39, 0.29) is 5.41 Å². The Balaban J connectivity index is 1.22. The lowest BCUT2D eigenvalue weighted by Crippen LogP contribution is -2.16. The van der Waals surface area contributed by atoms with Gasteiger partial charge in [-0.25, -0.2) is 9.97 Å². The fourth-order valence-electron chi connectivity index (χ4n) is 8.30. The Hall–Kier alpha value is -6.32. The standard InChI is InChI=1S/C47H33N3/c1-47(2)40-22-11-9-18-35(40)36-21-13-20-34(44(36)47)31-24-26-42-38(28-31)39-29-32(25-27-43(39)50(42)33-16-7-4-8-17-33)46-48-41-23-12-10-19-37(41)45(49-46)30-14-5-3-6-15-30/h3-29H,1-2H3. The molecular formula is C47H33N3. The molecule has 1 aliphatic carbocycles. The van der Waals surface area contributed by atoms with E-state index in [1.54, 1.807) is 0 Å². The first-order valence-electron chi connectivity index (χ1n) is 17.3. The second-order valence-electron chi connectivity index (χ2n) is 13.8. The van der Waals surface area contributed by atoms with Gasteiger partial charge in [0.25, 0.3) is 0 Å². The summed E-state index contributed by atoms with van der Waals surface area (Å²) in [7, 11) is 0. The van der Waals surface area contributed by atoms with Gasteiger partial charge < -0.3 is 4.57 Å². The Kier molecular flexibility index (Phi) is 6.22. The van der Waals surface area contributed by atoms with Crippen LogP contribution in [0.3, 0.4) is 0 Å². The third kappa shape index (κ3) is 4.23. The maximum Gasteiger partial charge on any atom is 0.160 e. The summed E-state index contributed by atoms with van der Waals surface area (Å²) in [6.45, 7) is 4.72. The highest BCUT2D eigenvalue weighted by Crippen LogP contribution is 2.52. The highest BCUT2D eigenvalue weighted by Gasteiger charge is 2.37. The first-order chi connectivity index (χ1) is 24.6. The molecule has 0 saturated carbocycles. The van der Waals surface area contributed by atoms with Crippen LogP contribution in [-0.4, -0.2) is 14.5 Å². The number of nitrogens with zero attached hydrogens (tertiary/aromatic N) is 3. The zero-order chi connectivity index (χ0) is 33.4. The minimum Gasteiger partial charge on any atom is -0.309 e. The van der Waals surface area contributed by atoms with Gasteiger partial charge in [-0.2, -0.15) is 0 Å². The van der Waals surface area contributed by atoms with Gasteiger partial charge in [-0.3, -0.25) is 0 Å². The summed E-state index contributed by atoms with van der Waals surface area (Å²) in [6.07, 6.45) is 0. The van der Waals surface area contributed by atoms with Crippen molar-refractivity contribution in [2.24, 2.45) is 0 Å². The van der Waals surface area contributed by atoms with Crippen LogP contribution >= 0.6 is 0 Å². The molecule has 3 nitrogen and oxygen atoms in total. The Morgan fingerprint density at radius 1 is 0.460 bits per heavy atom. The molecule has 0 N–H and O–H groups in total. The van der Waals surface area contributed by atoms with Gasteiger partial charge in [-0.15, -0.1) is 0 Å². The van der Waals surface area contributed by atoms with Crippen LogP contribution in [0.4, 0.5) is 0 Å². The number of benzene rings is 7. The van der Waals surface area contributed by atoms with E-state index in [1.807, 2.05) is 12.1 Å². The summed E-state index contributed by atoms with van der Waals surface area (Å²) in [5.74, 6) is 0.724. The zero-order valence-electron chi connectivity index (χ0n) is 27.9. The Morgan fingerprint density at radius 2 is 1.08 bits per heavy atom. The van der Waals surface area contributed by atoms with Crippen molar-refractivity contribution in [2.45, 2.75) is 19.3 Å². The number of rotatable bonds is 4. The van der Waals surface area contributed by atoms with E-state index >= 15 is 0 Å². The van der Waals surface area contributed by atoms with Crippen LogP contribution in [0, 0.1) is 0 Å². The average Bonchev–Trinajstić information content (AvgIpc) is 3.63. The van der Waals surface area contributed by atoms with E-state index in [4.69, 9.17) is 9.97 Å². The molecule has 9 aromatic rings. The average molecular weight is 640 g/mol. The SMILES string of the molecule is CC1(C)c2ccccc2-c2cccc(-c3ccc4c(c3)c3cc(-c5nc(-c6ccccc6)c6ccccc6n5)ccc3n4-c3ccccc3)c21. The summed E-state index contributed by atoms with van der Waals surface area (Å²) < 4.78 is 2.38. The van der Waals surface area contributed by atoms with Gasteiger partial charge in [0, 0.05) is 38.4 Å². The minimum absolute atomic E-state index is 0.105. The van der Waals surface area contributed by atoms with Crippen LogP contribution in [0.5, 0.6) is 0 Å². The smallest absolute Gasteiger partial charge is 0.160 e. The molecule has 0 aliphatic heterocycles. The lowest BCUT2D eigenvalue weighted by Gasteiger charge is -2.24. The van der Waals surface area contributed by atoms with Crippen molar-refractivity contribution in [3.8, 4) is 50.6 Å². The van der Waals surface area contributed by atoms with Crippen molar-refractivity contribution in [2.75, 3.05) is 0 Å². The monoisotopic (exact) mass is 639 g/mol. The molecule has 50 heavy (non-hydrogen) atoms. The van der Waals surface area contributed by atoms with Gasteiger partial charge in [0.1, 0.15) is 0 Å². The lowest BCUT2D eigenvalue weighted by atomic mass is 9.79. The van der Waals surface area contributed by atoms with Gasteiger partial charge in [-0.1, -0.05) is 129 Å². The third-order valence-electron chi connectivity index (χ3n) is 10.6. The van der Waals surface area contributed by atoms with Gasteiger partial charge >= 0.3 is 0 Å². The lowest BCUT2D eigenvalue weighted by molar-refractivity contribution is 0.662. The van der Waals surface area contributed by atoms with Gasteiger partial charge in [0.05, 0.1) is 22.2 Å². The zero-order valence-corrected chi connectivity index (χ0v) is 27.9. The highest BCUT2D eigenvalue weighted by molar-refractivity contribution is 6.12. The fraction of sp³-hybridized carbons (Fsp3) is 0.0638. The molecule has 0 unspecified atom stereocenters. The van der Waals surface area contributed by atoms with E-state index in [9.17, 15) is 0 Å². The molecule has 10 rings (SSSR count). The van der Waals surface area contributed by atoms with Crippen LogP contribution in [0.25, 0.3) is 83.3 Å².